The van der Waals surface area contributed by atoms with Crippen molar-refractivity contribution in [3.8, 4) is 5.75 Å². The van der Waals surface area contributed by atoms with Crippen molar-refractivity contribution in [3.05, 3.63) is 99.5 Å². The molecule has 0 aliphatic carbocycles. The average Bonchev–Trinajstić information content (AvgIpc) is 3.13. The number of phenols is 1. The van der Waals surface area contributed by atoms with Crippen molar-refractivity contribution in [3.63, 3.8) is 0 Å². The average molecular weight is 536 g/mol. The number of aromatic hydroxyl groups is 1. The Hall–Kier alpha value is -3.91. The van der Waals surface area contributed by atoms with Gasteiger partial charge >= 0.3 is 5.97 Å². The summed E-state index contributed by atoms with van der Waals surface area (Å²) in [4.78, 5) is 40.2. The molecular formula is C27H22BrNO6. The van der Waals surface area contributed by atoms with Crippen molar-refractivity contribution >= 4 is 45.0 Å². The van der Waals surface area contributed by atoms with Gasteiger partial charge < -0.3 is 14.9 Å². The van der Waals surface area contributed by atoms with E-state index >= 15 is 0 Å². The molecule has 1 atom stereocenters. The summed E-state index contributed by atoms with van der Waals surface area (Å²) >= 11 is 3.34. The number of aliphatic hydroxyl groups excluding tert-OH is 1. The van der Waals surface area contributed by atoms with E-state index in [1.807, 2.05) is 6.92 Å². The zero-order valence-electron chi connectivity index (χ0n) is 18.8. The minimum absolute atomic E-state index is 0.0132. The third-order valence-electron chi connectivity index (χ3n) is 5.57. The molecule has 2 N–H and O–H groups in total. The number of carbonyl (C=O) groups excluding carboxylic acids is 3. The number of anilines is 1. The minimum Gasteiger partial charge on any atom is -0.508 e. The van der Waals surface area contributed by atoms with Gasteiger partial charge in [0.1, 0.15) is 11.5 Å². The highest BCUT2D eigenvalue weighted by Gasteiger charge is 2.47. The van der Waals surface area contributed by atoms with Crippen molar-refractivity contribution in [1.29, 1.82) is 0 Å². The predicted octanol–water partition coefficient (Wildman–Crippen LogP) is 5.35. The van der Waals surface area contributed by atoms with Crippen LogP contribution in [-0.2, 0) is 14.3 Å². The summed E-state index contributed by atoms with van der Waals surface area (Å²) in [6.07, 6.45) is 0.664. The van der Waals surface area contributed by atoms with Gasteiger partial charge in [-0.15, -0.1) is 0 Å². The molecule has 1 aliphatic heterocycles. The highest BCUT2D eigenvalue weighted by Crippen LogP contribution is 2.42. The van der Waals surface area contributed by atoms with Gasteiger partial charge in [0.05, 0.1) is 23.8 Å². The van der Waals surface area contributed by atoms with Crippen molar-refractivity contribution < 1.29 is 29.3 Å². The number of phenolic OH excluding ortho intramolecular Hbond substituents is 1. The molecule has 1 saturated heterocycles. The van der Waals surface area contributed by atoms with Gasteiger partial charge in [-0.3, -0.25) is 14.5 Å². The van der Waals surface area contributed by atoms with Crippen molar-refractivity contribution in [2.75, 3.05) is 11.5 Å². The SMILES string of the molecule is CCCOC(=O)c1cccc(N2C(=O)C(=O)/C(=C(/O)c3ccc(Br)cc3)C2c2ccc(O)cc2)c1. The summed E-state index contributed by atoms with van der Waals surface area (Å²) in [5.74, 6) is -2.56. The van der Waals surface area contributed by atoms with Crippen LogP contribution in [0.1, 0.15) is 40.9 Å². The molecule has 1 heterocycles. The van der Waals surface area contributed by atoms with Crippen molar-refractivity contribution in [2.24, 2.45) is 0 Å². The lowest BCUT2D eigenvalue weighted by Crippen LogP contribution is -2.29. The van der Waals surface area contributed by atoms with Gasteiger partial charge in [0.2, 0.25) is 0 Å². The van der Waals surface area contributed by atoms with Gasteiger partial charge in [-0.25, -0.2) is 4.79 Å². The lowest BCUT2D eigenvalue weighted by atomic mass is 9.95. The fourth-order valence-electron chi connectivity index (χ4n) is 3.89. The molecule has 1 fully saturated rings. The molecule has 7 nitrogen and oxygen atoms in total. The van der Waals surface area contributed by atoms with Crippen LogP contribution in [0.25, 0.3) is 5.76 Å². The Kier molecular flexibility index (Phi) is 7.02. The van der Waals surface area contributed by atoms with Gasteiger partial charge in [0, 0.05) is 15.7 Å². The topological polar surface area (TPSA) is 104 Å². The number of aliphatic hydroxyl groups is 1. The van der Waals surface area contributed by atoms with Crippen LogP contribution in [-0.4, -0.2) is 34.5 Å². The second kappa shape index (κ2) is 10.1. The first-order chi connectivity index (χ1) is 16.8. The van der Waals surface area contributed by atoms with Gasteiger partial charge in [-0.2, -0.15) is 0 Å². The van der Waals surface area contributed by atoms with E-state index in [-0.39, 0.29) is 29.3 Å². The number of esters is 1. The van der Waals surface area contributed by atoms with Crippen LogP contribution < -0.4 is 4.90 Å². The van der Waals surface area contributed by atoms with E-state index in [1.54, 1.807) is 54.6 Å². The number of Topliss-reactive ketones (excluding diaryl/α,β-unsaturated/α-hetero) is 1. The van der Waals surface area contributed by atoms with Crippen LogP contribution in [0.2, 0.25) is 0 Å². The van der Waals surface area contributed by atoms with Crippen LogP contribution in [0.3, 0.4) is 0 Å². The van der Waals surface area contributed by atoms with Crippen LogP contribution in [0, 0.1) is 0 Å². The molecule has 178 valence electrons. The van der Waals surface area contributed by atoms with Gasteiger partial charge in [-0.1, -0.05) is 53.2 Å². The molecule has 0 spiro atoms. The Bertz CT molecular complexity index is 1310. The first kappa shape index (κ1) is 24.2. The summed E-state index contributed by atoms with van der Waals surface area (Å²) in [5.41, 5.74) is 1.30. The Balaban J connectivity index is 1.87. The van der Waals surface area contributed by atoms with E-state index in [4.69, 9.17) is 4.74 Å². The lowest BCUT2D eigenvalue weighted by molar-refractivity contribution is -0.132. The standard InChI is InChI=1S/C27H22BrNO6/c1-2-14-35-27(34)18-4-3-5-20(15-18)29-23(16-8-12-21(30)13-9-16)22(25(32)26(29)33)24(31)17-6-10-19(28)11-7-17/h3-13,15,23,30-31H,2,14H2,1H3/b24-22+. The third-order valence-corrected chi connectivity index (χ3v) is 6.10. The first-order valence-corrected chi connectivity index (χ1v) is 11.7. The van der Waals surface area contributed by atoms with E-state index in [0.717, 1.165) is 4.47 Å². The molecule has 35 heavy (non-hydrogen) atoms. The maximum Gasteiger partial charge on any atom is 0.338 e. The minimum atomic E-state index is -0.985. The molecule has 4 rings (SSSR count). The normalized spacial score (nSPS) is 17.0. The Morgan fingerprint density at radius 1 is 1.00 bits per heavy atom. The number of nitrogens with zero attached hydrogens (tertiary/aromatic N) is 1. The zero-order chi connectivity index (χ0) is 25.1. The molecule has 1 aliphatic rings. The Labute approximate surface area is 210 Å². The fourth-order valence-corrected chi connectivity index (χ4v) is 4.16. The second-order valence-corrected chi connectivity index (χ2v) is 8.87. The quantitative estimate of drug-likeness (QED) is 0.191. The molecule has 1 amide bonds. The van der Waals surface area contributed by atoms with Crippen LogP contribution in [0.4, 0.5) is 5.69 Å². The third kappa shape index (κ3) is 4.83. The molecule has 1 unspecified atom stereocenters. The first-order valence-electron chi connectivity index (χ1n) is 10.9. The summed E-state index contributed by atoms with van der Waals surface area (Å²) in [6.45, 7) is 2.14. The molecule has 0 radical (unpaired) electrons. The number of rotatable bonds is 6. The fraction of sp³-hybridized carbons (Fsp3) is 0.148. The molecule has 0 aromatic heterocycles. The highest BCUT2D eigenvalue weighted by molar-refractivity contribution is 9.10. The summed E-state index contributed by atoms with van der Waals surface area (Å²) in [7, 11) is 0. The van der Waals surface area contributed by atoms with E-state index in [9.17, 15) is 24.6 Å². The number of hydrogen-bond acceptors (Lipinski definition) is 6. The summed E-state index contributed by atoms with van der Waals surface area (Å²) < 4.78 is 5.99. The largest absolute Gasteiger partial charge is 0.508 e. The number of benzene rings is 3. The maximum absolute atomic E-state index is 13.3. The molecule has 8 heteroatoms. The predicted molar refractivity (Wildman–Crippen MR) is 134 cm³/mol. The number of ketones is 1. The zero-order valence-corrected chi connectivity index (χ0v) is 20.4. The van der Waals surface area contributed by atoms with Crippen LogP contribution >= 0.6 is 15.9 Å². The summed E-state index contributed by atoms with van der Waals surface area (Å²) in [6, 6.07) is 18.0. The van der Waals surface area contributed by atoms with Gasteiger partial charge in [-0.05, 0) is 54.4 Å². The number of hydrogen-bond donors (Lipinski definition) is 2. The smallest absolute Gasteiger partial charge is 0.338 e. The molecule has 3 aromatic carbocycles. The highest BCUT2D eigenvalue weighted by atomic mass is 79.9. The Morgan fingerprint density at radius 2 is 1.69 bits per heavy atom. The Morgan fingerprint density at radius 3 is 2.34 bits per heavy atom. The monoisotopic (exact) mass is 535 g/mol. The number of ether oxygens (including phenoxy) is 1. The maximum atomic E-state index is 13.3. The second-order valence-electron chi connectivity index (χ2n) is 7.95. The number of amides is 1. The molecule has 0 saturated carbocycles. The van der Waals surface area contributed by atoms with Crippen molar-refractivity contribution in [1.82, 2.24) is 0 Å². The van der Waals surface area contributed by atoms with E-state index < -0.39 is 23.7 Å². The van der Waals surface area contributed by atoms with E-state index in [1.165, 1.54) is 23.1 Å². The van der Waals surface area contributed by atoms with Gasteiger partial charge in [0.15, 0.2) is 0 Å². The molecular weight excluding hydrogens is 514 g/mol. The van der Waals surface area contributed by atoms with Gasteiger partial charge in [0.25, 0.3) is 11.7 Å². The van der Waals surface area contributed by atoms with Crippen LogP contribution in [0.5, 0.6) is 5.75 Å². The molecule has 0 bridgehead atoms. The summed E-state index contributed by atoms with van der Waals surface area (Å²) in [5, 5.41) is 20.9. The number of halogens is 1. The molecule has 3 aromatic rings. The number of carbonyl (C=O) groups is 3. The van der Waals surface area contributed by atoms with Crippen LogP contribution in [0.15, 0.2) is 82.8 Å². The van der Waals surface area contributed by atoms with E-state index in [2.05, 4.69) is 15.9 Å². The lowest BCUT2D eigenvalue weighted by Gasteiger charge is -2.25. The van der Waals surface area contributed by atoms with E-state index in [0.29, 0.717) is 23.2 Å². The van der Waals surface area contributed by atoms with Crippen molar-refractivity contribution in [2.45, 2.75) is 19.4 Å².